The van der Waals surface area contributed by atoms with Crippen molar-refractivity contribution >= 4 is 34.2 Å². The predicted octanol–water partition coefficient (Wildman–Crippen LogP) is 4.14. The largest absolute Gasteiger partial charge is 0.417 e. The van der Waals surface area contributed by atoms with Crippen molar-refractivity contribution in [3.05, 3.63) is 64.9 Å². The predicted molar refractivity (Wildman–Crippen MR) is 96.8 cm³/mol. The van der Waals surface area contributed by atoms with Crippen molar-refractivity contribution in [2.24, 2.45) is 0 Å². The minimum Gasteiger partial charge on any atom is -0.368 e. The number of carbonyl (C=O) groups is 1. The third kappa shape index (κ3) is 4.65. The molecule has 9 heteroatoms. The molecule has 0 unspecified atom stereocenters. The van der Waals surface area contributed by atoms with Gasteiger partial charge in [0.2, 0.25) is 0 Å². The van der Waals surface area contributed by atoms with Gasteiger partial charge in [-0.3, -0.25) is 9.78 Å². The quantitative estimate of drug-likeness (QED) is 0.638. The van der Waals surface area contributed by atoms with Gasteiger partial charge in [0.1, 0.15) is 5.82 Å². The number of nitrogens with one attached hydrogen (secondary N) is 2. The number of amides is 1. The summed E-state index contributed by atoms with van der Waals surface area (Å²) in [4.78, 5) is 20.3. The van der Waals surface area contributed by atoms with Crippen molar-refractivity contribution in [3.63, 3.8) is 0 Å². The lowest BCUT2D eigenvalue weighted by atomic mass is 10.1. The van der Waals surface area contributed by atoms with E-state index in [0.717, 1.165) is 17.6 Å². The van der Waals surface area contributed by atoms with Gasteiger partial charge in [-0.2, -0.15) is 13.2 Å². The summed E-state index contributed by atoms with van der Waals surface area (Å²) in [5, 5.41) is 6.74. The molecule has 1 aromatic carbocycles. The number of rotatable bonds is 5. The fourth-order valence-electron chi connectivity index (χ4n) is 2.46. The number of anilines is 1. The summed E-state index contributed by atoms with van der Waals surface area (Å²) in [6, 6.07) is 9.00. The summed E-state index contributed by atoms with van der Waals surface area (Å²) >= 11 is 6.05. The van der Waals surface area contributed by atoms with E-state index < -0.39 is 11.7 Å². The zero-order valence-electron chi connectivity index (χ0n) is 13.8. The Morgan fingerprint density at radius 3 is 2.63 bits per heavy atom. The van der Waals surface area contributed by atoms with Gasteiger partial charge in [0, 0.05) is 35.9 Å². The van der Waals surface area contributed by atoms with E-state index in [1.165, 1.54) is 12.1 Å². The van der Waals surface area contributed by atoms with E-state index >= 15 is 0 Å². The Morgan fingerprint density at radius 1 is 1.11 bits per heavy atom. The Balaban J connectivity index is 1.58. The summed E-state index contributed by atoms with van der Waals surface area (Å²) in [7, 11) is 0. The molecule has 140 valence electrons. The van der Waals surface area contributed by atoms with Gasteiger partial charge in [0.15, 0.2) is 0 Å². The van der Waals surface area contributed by atoms with Crippen LogP contribution in [0.3, 0.4) is 0 Å². The van der Waals surface area contributed by atoms with Crippen LogP contribution >= 0.6 is 11.6 Å². The number of fused-ring (bicyclic) bond motifs is 1. The van der Waals surface area contributed by atoms with Gasteiger partial charge >= 0.3 is 6.18 Å². The smallest absolute Gasteiger partial charge is 0.368 e. The second-order valence-electron chi connectivity index (χ2n) is 5.64. The van der Waals surface area contributed by atoms with Crippen molar-refractivity contribution in [2.45, 2.75) is 6.18 Å². The van der Waals surface area contributed by atoms with Crippen LogP contribution in [0.2, 0.25) is 5.02 Å². The molecular weight excluding hydrogens is 381 g/mol. The zero-order valence-corrected chi connectivity index (χ0v) is 14.6. The molecule has 0 radical (unpaired) electrons. The number of hydrogen-bond donors (Lipinski definition) is 2. The summed E-state index contributed by atoms with van der Waals surface area (Å²) < 4.78 is 37.5. The highest BCUT2D eigenvalue weighted by atomic mass is 35.5. The van der Waals surface area contributed by atoms with Gasteiger partial charge in [-0.1, -0.05) is 17.7 Å². The molecule has 0 fully saturated rings. The van der Waals surface area contributed by atoms with Gasteiger partial charge in [-0.25, -0.2) is 4.98 Å². The van der Waals surface area contributed by atoms with Crippen molar-refractivity contribution in [2.75, 3.05) is 18.4 Å². The first-order valence-electron chi connectivity index (χ1n) is 7.94. The van der Waals surface area contributed by atoms with E-state index in [-0.39, 0.29) is 24.8 Å². The monoisotopic (exact) mass is 394 g/mol. The van der Waals surface area contributed by atoms with E-state index in [1.807, 2.05) is 6.07 Å². The number of hydrogen-bond acceptors (Lipinski definition) is 4. The zero-order chi connectivity index (χ0) is 19.4. The molecule has 2 aromatic heterocycles. The van der Waals surface area contributed by atoms with E-state index in [9.17, 15) is 18.0 Å². The highest BCUT2D eigenvalue weighted by molar-refractivity contribution is 6.32. The number of alkyl halides is 3. The van der Waals surface area contributed by atoms with Crippen molar-refractivity contribution in [3.8, 4) is 0 Å². The van der Waals surface area contributed by atoms with Crippen LogP contribution in [0.25, 0.3) is 10.9 Å². The lowest BCUT2D eigenvalue weighted by Gasteiger charge is -2.10. The molecule has 0 bridgehead atoms. The molecular formula is C18H14ClF3N4O. The molecule has 2 N–H and O–H groups in total. The fraction of sp³-hybridized carbons (Fsp3) is 0.167. The highest BCUT2D eigenvalue weighted by Crippen LogP contribution is 2.28. The Morgan fingerprint density at radius 2 is 1.93 bits per heavy atom. The molecule has 0 aliphatic rings. The normalized spacial score (nSPS) is 11.4. The molecule has 2 heterocycles. The molecule has 5 nitrogen and oxygen atoms in total. The summed E-state index contributed by atoms with van der Waals surface area (Å²) in [6.45, 7) is 0.526. The minimum absolute atomic E-state index is 0.238. The molecule has 0 saturated heterocycles. The third-order valence-electron chi connectivity index (χ3n) is 3.72. The Hall–Kier alpha value is -2.87. The molecule has 3 aromatic rings. The Bertz CT molecular complexity index is 961. The van der Waals surface area contributed by atoms with Crippen molar-refractivity contribution in [1.82, 2.24) is 15.3 Å². The van der Waals surface area contributed by atoms with E-state index in [1.54, 1.807) is 18.3 Å². The van der Waals surface area contributed by atoms with E-state index in [2.05, 4.69) is 20.6 Å². The van der Waals surface area contributed by atoms with Gasteiger partial charge in [0.25, 0.3) is 5.91 Å². The maximum absolute atomic E-state index is 12.5. The molecule has 0 saturated carbocycles. The Kier molecular flexibility index (Phi) is 5.46. The number of halogens is 4. The van der Waals surface area contributed by atoms with Crippen LogP contribution in [0.4, 0.5) is 19.0 Å². The minimum atomic E-state index is -4.42. The van der Waals surface area contributed by atoms with Crippen LogP contribution < -0.4 is 10.6 Å². The van der Waals surface area contributed by atoms with Crippen LogP contribution in [0.1, 0.15) is 15.9 Å². The van der Waals surface area contributed by atoms with E-state index in [0.29, 0.717) is 16.1 Å². The number of nitrogens with zero attached hydrogens (tertiary/aromatic N) is 2. The second-order valence-corrected chi connectivity index (χ2v) is 6.08. The van der Waals surface area contributed by atoms with Crippen LogP contribution in [-0.2, 0) is 6.18 Å². The number of benzene rings is 1. The van der Waals surface area contributed by atoms with Crippen molar-refractivity contribution in [1.29, 1.82) is 0 Å². The van der Waals surface area contributed by atoms with Gasteiger partial charge < -0.3 is 10.6 Å². The standard InChI is InChI=1S/C18H14ClF3N4O/c19-13-8-11-2-1-5-24-16(11)14(9-13)17(27)25-7-6-23-15-4-3-12(10-26-15)18(20,21)22/h1-5,8-10H,6-7H2,(H,23,26)(H,25,27). The lowest BCUT2D eigenvalue weighted by molar-refractivity contribution is -0.137. The molecule has 1 amide bonds. The first-order chi connectivity index (χ1) is 12.8. The maximum atomic E-state index is 12.5. The fourth-order valence-corrected chi connectivity index (χ4v) is 2.68. The molecule has 3 rings (SSSR count). The van der Waals surface area contributed by atoms with E-state index in [4.69, 9.17) is 11.6 Å². The van der Waals surface area contributed by atoms with Crippen LogP contribution in [0.15, 0.2) is 48.8 Å². The van der Waals surface area contributed by atoms with Gasteiger partial charge in [0.05, 0.1) is 16.6 Å². The molecule has 0 aliphatic heterocycles. The van der Waals surface area contributed by atoms with Crippen molar-refractivity contribution < 1.29 is 18.0 Å². The summed E-state index contributed by atoms with van der Waals surface area (Å²) in [5.74, 6) is -0.0597. The number of aromatic nitrogens is 2. The molecule has 0 spiro atoms. The first kappa shape index (κ1) is 18.9. The van der Waals surface area contributed by atoms with Crippen LogP contribution in [0, 0.1) is 0 Å². The second kappa shape index (κ2) is 7.79. The molecule has 0 atom stereocenters. The number of pyridine rings is 2. The topological polar surface area (TPSA) is 66.9 Å². The molecule has 27 heavy (non-hydrogen) atoms. The number of carbonyl (C=O) groups excluding carboxylic acids is 1. The summed E-state index contributed by atoms with van der Waals surface area (Å²) in [5.41, 5.74) is 0.0733. The van der Waals surface area contributed by atoms with Crippen LogP contribution in [0.5, 0.6) is 0 Å². The average Bonchev–Trinajstić information content (AvgIpc) is 2.64. The Labute approximate surface area is 157 Å². The highest BCUT2D eigenvalue weighted by Gasteiger charge is 2.30. The SMILES string of the molecule is O=C(NCCNc1ccc(C(F)(F)F)cn1)c1cc(Cl)cc2cccnc12. The lowest BCUT2D eigenvalue weighted by Crippen LogP contribution is -2.29. The van der Waals surface area contributed by atoms with Gasteiger partial charge in [-0.05, 0) is 30.3 Å². The molecule has 0 aliphatic carbocycles. The summed E-state index contributed by atoms with van der Waals surface area (Å²) in [6.07, 6.45) is -2.08. The van der Waals surface area contributed by atoms with Crippen LogP contribution in [-0.4, -0.2) is 29.0 Å². The third-order valence-corrected chi connectivity index (χ3v) is 3.94. The maximum Gasteiger partial charge on any atom is 0.417 e. The first-order valence-corrected chi connectivity index (χ1v) is 8.32. The van der Waals surface area contributed by atoms with Gasteiger partial charge in [-0.15, -0.1) is 0 Å². The average molecular weight is 395 g/mol.